The molecular weight excluding hydrogens is 408 g/mol. The zero-order valence-corrected chi connectivity index (χ0v) is 19.0. The lowest BCUT2D eigenvalue weighted by Gasteiger charge is -2.19. The first-order valence-corrected chi connectivity index (χ1v) is 12.1. The maximum absolute atomic E-state index is 2.42. The lowest BCUT2D eigenvalue weighted by Crippen LogP contribution is -2.28. The van der Waals surface area contributed by atoms with Crippen molar-refractivity contribution in [2.24, 2.45) is 0 Å². The van der Waals surface area contributed by atoms with E-state index in [0.29, 0.717) is 0 Å². The number of hydrogen-bond acceptors (Lipinski definition) is 0. The maximum Gasteiger partial charge on any atom is -0.00203 e. The van der Waals surface area contributed by atoms with Gasteiger partial charge in [-0.25, -0.2) is 0 Å². The Kier molecular flexibility index (Phi) is 4.38. The van der Waals surface area contributed by atoms with Crippen LogP contribution in [0.25, 0.3) is 66.7 Å². The fraction of sp³-hybridized carbons (Fsp3) is 0.0588. The highest BCUT2D eigenvalue weighted by molar-refractivity contribution is 6.21. The molecule has 0 heterocycles. The molecule has 1 aliphatic carbocycles. The van der Waals surface area contributed by atoms with Crippen molar-refractivity contribution in [3.63, 3.8) is 0 Å². The quantitative estimate of drug-likeness (QED) is 0.245. The third kappa shape index (κ3) is 2.92. The van der Waals surface area contributed by atoms with Crippen molar-refractivity contribution in [3.05, 3.63) is 120 Å². The first-order valence-electron chi connectivity index (χ1n) is 12.1. The van der Waals surface area contributed by atoms with E-state index in [0.717, 1.165) is 12.8 Å². The van der Waals surface area contributed by atoms with Crippen LogP contribution in [0, 0.1) is 0 Å². The van der Waals surface area contributed by atoms with Crippen LogP contribution >= 0.6 is 0 Å². The van der Waals surface area contributed by atoms with Gasteiger partial charge in [-0.05, 0) is 83.9 Å². The standard InChI is InChI=1S/C34H24/c1-2-12-25-22-26(21-20-23(25)10-1)33-29-15-5-7-17-31(29)34(32-18-8-6-16-30(32)33)28-19-9-13-24-11-3-4-14-27(24)28/h1-2,5-22H,3-4H2. The van der Waals surface area contributed by atoms with Gasteiger partial charge in [0.05, 0.1) is 0 Å². The van der Waals surface area contributed by atoms with Crippen molar-refractivity contribution in [2.75, 3.05) is 0 Å². The Morgan fingerprint density at radius 1 is 0.441 bits per heavy atom. The van der Waals surface area contributed by atoms with E-state index in [2.05, 4.69) is 121 Å². The zero-order valence-electron chi connectivity index (χ0n) is 19.0. The van der Waals surface area contributed by atoms with E-state index in [1.165, 1.54) is 65.0 Å². The van der Waals surface area contributed by atoms with Gasteiger partial charge in [0.2, 0.25) is 0 Å². The van der Waals surface area contributed by atoms with Gasteiger partial charge < -0.3 is 0 Å². The summed E-state index contributed by atoms with van der Waals surface area (Å²) in [6, 6.07) is 40.1. The lowest BCUT2D eigenvalue weighted by molar-refractivity contribution is 1.12. The molecule has 0 unspecified atom stereocenters. The minimum Gasteiger partial charge on any atom is -0.0763 e. The summed E-state index contributed by atoms with van der Waals surface area (Å²) in [4.78, 5) is 0. The average Bonchev–Trinajstić information content (AvgIpc) is 2.91. The monoisotopic (exact) mass is 432 g/mol. The Labute approximate surface area is 199 Å². The molecule has 0 spiro atoms. The lowest BCUT2D eigenvalue weighted by atomic mass is 9.84. The number of hydrogen-bond donors (Lipinski definition) is 0. The Morgan fingerprint density at radius 2 is 1.06 bits per heavy atom. The molecule has 160 valence electrons. The molecule has 0 aliphatic heterocycles. The number of rotatable bonds is 2. The minimum atomic E-state index is 1.11. The van der Waals surface area contributed by atoms with Crippen molar-refractivity contribution in [1.82, 2.24) is 0 Å². The van der Waals surface area contributed by atoms with E-state index in [1.54, 1.807) is 0 Å². The predicted molar refractivity (Wildman–Crippen MR) is 147 cm³/mol. The SMILES string of the molecule is C1=c2cccc(-c3c4ccccc4c(-c4ccc5ccccc5c4)c4ccccc34)c2=CCC1. The third-order valence-electron chi connectivity index (χ3n) is 7.26. The molecule has 0 fully saturated rings. The Balaban J connectivity index is 1.66. The smallest absolute Gasteiger partial charge is 0.00203 e. The summed E-state index contributed by atoms with van der Waals surface area (Å²) in [5.74, 6) is 0. The molecule has 6 aromatic rings. The van der Waals surface area contributed by atoms with Crippen LogP contribution in [0.15, 0.2) is 109 Å². The van der Waals surface area contributed by atoms with Gasteiger partial charge in [0.25, 0.3) is 0 Å². The van der Waals surface area contributed by atoms with E-state index < -0.39 is 0 Å². The molecule has 0 amide bonds. The summed E-state index contributed by atoms with van der Waals surface area (Å²) in [6.45, 7) is 0. The van der Waals surface area contributed by atoms with Crippen molar-refractivity contribution in [1.29, 1.82) is 0 Å². The molecule has 0 bridgehead atoms. The Hall–Kier alpha value is -4.16. The molecule has 0 saturated carbocycles. The van der Waals surface area contributed by atoms with E-state index in [9.17, 15) is 0 Å². The second-order valence-corrected chi connectivity index (χ2v) is 9.20. The molecule has 0 nitrogen and oxygen atoms in total. The molecular formula is C34H24. The first-order chi connectivity index (χ1) is 16.9. The second-order valence-electron chi connectivity index (χ2n) is 9.20. The molecule has 34 heavy (non-hydrogen) atoms. The Morgan fingerprint density at radius 3 is 1.79 bits per heavy atom. The Bertz CT molecular complexity index is 1800. The molecule has 0 radical (unpaired) electrons. The molecule has 0 N–H and O–H groups in total. The van der Waals surface area contributed by atoms with Gasteiger partial charge in [0.15, 0.2) is 0 Å². The summed E-state index contributed by atoms with van der Waals surface area (Å²) >= 11 is 0. The summed E-state index contributed by atoms with van der Waals surface area (Å²) in [5, 5.41) is 10.5. The van der Waals surface area contributed by atoms with E-state index in [-0.39, 0.29) is 0 Å². The maximum atomic E-state index is 2.42. The molecule has 0 saturated heterocycles. The van der Waals surface area contributed by atoms with Gasteiger partial charge in [-0.1, -0.05) is 115 Å². The highest BCUT2D eigenvalue weighted by Crippen LogP contribution is 2.43. The van der Waals surface area contributed by atoms with Crippen molar-refractivity contribution in [3.8, 4) is 22.3 Å². The minimum absolute atomic E-state index is 1.11. The van der Waals surface area contributed by atoms with Gasteiger partial charge in [-0.3, -0.25) is 0 Å². The number of benzene rings is 6. The van der Waals surface area contributed by atoms with Crippen molar-refractivity contribution in [2.45, 2.75) is 12.8 Å². The predicted octanol–water partition coefficient (Wildman–Crippen LogP) is 7.84. The third-order valence-corrected chi connectivity index (χ3v) is 7.26. The second kappa shape index (κ2) is 7.71. The van der Waals surface area contributed by atoms with E-state index in [4.69, 9.17) is 0 Å². The largest absolute Gasteiger partial charge is 0.0763 e. The average molecular weight is 433 g/mol. The zero-order chi connectivity index (χ0) is 22.5. The first kappa shape index (κ1) is 19.3. The fourth-order valence-electron chi connectivity index (χ4n) is 5.75. The highest BCUT2D eigenvalue weighted by Gasteiger charge is 2.17. The highest BCUT2D eigenvalue weighted by atomic mass is 14.2. The summed E-state index contributed by atoms with van der Waals surface area (Å²) in [5.41, 5.74) is 5.28. The molecule has 0 aromatic heterocycles. The van der Waals surface area contributed by atoms with Crippen LogP contribution in [0.1, 0.15) is 12.8 Å². The van der Waals surface area contributed by atoms with Crippen LogP contribution in [0.3, 0.4) is 0 Å². The van der Waals surface area contributed by atoms with Gasteiger partial charge in [0, 0.05) is 0 Å². The van der Waals surface area contributed by atoms with Crippen LogP contribution < -0.4 is 10.4 Å². The summed E-state index contributed by atoms with van der Waals surface area (Å²) in [7, 11) is 0. The van der Waals surface area contributed by atoms with Crippen LogP contribution in [0.2, 0.25) is 0 Å². The van der Waals surface area contributed by atoms with E-state index >= 15 is 0 Å². The van der Waals surface area contributed by atoms with Crippen molar-refractivity contribution < 1.29 is 0 Å². The summed E-state index contributed by atoms with van der Waals surface area (Å²) < 4.78 is 0. The molecule has 0 atom stereocenters. The van der Waals surface area contributed by atoms with E-state index in [1.807, 2.05) is 0 Å². The molecule has 1 aliphatic rings. The summed E-state index contributed by atoms with van der Waals surface area (Å²) in [6.07, 6.45) is 7.03. The molecule has 0 heteroatoms. The number of fused-ring (bicyclic) bond motifs is 4. The van der Waals surface area contributed by atoms with Crippen molar-refractivity contribution >= 4 is 44.5 Å². The van der Waals surface area contributed by atoms with Crippen LogP contribution in [0.4, 0.5) is 0 Å². The van der Waals surface area contributed by atoms with Gasteiger partial charge in [-0.15, -0.1) is 0 Å². The van der Waals surface area contributed by atoms with Crippen LogP contribution in [0.5, 0.6) is 0 Å². The van der Waals surface area contributed by atoms with Crippen LogP contribution in [-0.2, 0) is 0 Å². The van der Waals surface area contributed by atoms with Crippen LogP contribution in [-0.4, -0.2) is 0 Å². The van der Waals surface area contributed by atoms with Gasteiger partial charge in [-0.2, -0.15) is 0 Å². The topological polar surface area (TPSA) is 0 Å². The molecule has 7 rings (SSSR count). The molecule has 6 aromatic carbocycles. The normalized spacial score (nSPS) is 12.9. The fourth-order valence-corrected chi connectivity index (χ4v) is 5.75. The van der Waals surface area contributed by atoms with Gasteiger partial charge >= 0.3 is 0 Å². The van der Waals surface area contributed by atoms with Gasteiger partial charge in [0.1, 0.15) is 0 Å².